The van der Waals surface area contributed by atoms with Gasteiger partial charge in [0, 0.05) is 24.8 Å². The smallest absolute Gasteiger partial charge is 0.171 e. The number of pyridine rings is 1. The van der Waals surface area contributed by atoms with Crippen molar-refractivity contribution in [2.24, 2.45) is 5.41 Å². The molecule has 0 spiro atoms. The minimum atomic E-state index is -0.436. The molecule has 96 valence electrons. The molecule has 0 amide bonds. The summed E-state index contributed by atoms with van der Waals surface area (Å²) < 4.78 is 14.0. The normalized spacial score (nSPS) is 13.6. The Bertz CT molecular complexity index is 387. The van der Waals surface area contributed by atoms with E-state index >= 15 is 0 Å². The van der Waals surface area contributed by atoms with Crippen molar-refractivity contribution < 1.29 is 9.50 Å². The van der Waals surface area contributed by atoms with Crippen molar-refractivity contribution in [3.05, 3.63) is 23.6 Å². The van der Waals surface area contributed by atoms with Gasteiger partial charge in [-0.2, -0.15) is 0 Å². The lowest BCUT2D eigenvalue weighted by molar-refractivity contribution is 0.275. The number of nitrogens with zero attached hydrogens (tertiary/aromatic N) is 2. The molecule has 1 rings (SSSR count). The Morgan fingerprint density at radius 2 is 2.06 bits per heavy atom. The second-order valence-corrected chi connectivity index (χ2v) is 5.42. The molecule has 0 saturated carbocycles. The van der Waals surface area contributed by atoms with Gasteiger partial charge < -0.3 is 10.0 Å². The highest BCUT2D eigenvalue weighted by Crippen LogP contribution is 2.28. The molecular weight excluding hydrogens is 219 g/mol. The molecule has 0 bridgehead atoms. The number of anilines is 1. The molecule has 1 aromatic heterocycles. The third kappa shape index (κ3) is 2.94. The van der Waals surface area contributed by atoms with Crippen LogP contribution < -0.4 is 4.90 Å². The Morgan fingerprint density at radius 1 is 1.47 bits per heavy atom. The summed E-state index contributed by atoms with van der Waals surface area (Å²) in [6.45, 7) is 8.03. The lowest BCUT2D eigenvalue weighted by atomic mass is 9.87. The zero-order valence-corrected chi connectivity index (χ0v) is 11.2. The molecule has 0 radical (unpaired) electrons. The lowest BCUT2D eigenvalue weighted by Crippen LogP contribution is -2.40. The van der Waals surface area contributed by atoms with E-state index in [-0.39, 0.29) is 23.6 Å². The Labute approximate surface area is 102 Å². The minimum absolute atomic E-state index is 0.0259. The fraction of sp³-hybridized carbons (Fsp3) is 0.615. The average Bonchev–Trinajstić information content (AvgIpc) is 2.26. The highest BCUT2D eigenvalue weighted by atomic mass is 19.1. The fourth-order valence-corrected chi connectivity index (χ4v) is 1.60. The van der Waals surface area contributed by atoms with Gasteiger partial charge >= 0.3 is 0 Å². The molecule has 1 atom stereocenters. The van der Waals surface area contributed by atoms with Crippen LogP contribution in [0.15, 0.2) is 12.3 Å². The Morgan fingerprint density at radius 3 is 2.53 bits per heavy atom. The van der Waals surface area contributed by atoms with Gasteiger partial charge in [-0.3, -0.25) is 0 Å². The van der Waals surface area contributed by atoms with Gasteiger partial charge in [0.05, 0.1) is 6.61 Å². The summed E-state index contributed by atoms with van der Waals surface area (Å²) in [7, 11) is 1.82. The van der Waals surface area contributed by atoms with Crippen LogP contribution in [0, 0.1) is 11.2 Å². The van der Waals surface area contributed by atoms with Crippen molar-refractivity contribution in [1.82, 2.24) is 4.98 Å². The molecule has 17 heavy (non-hydrogen) atoms. The molecular formula is C13H21FN2O. The van der Waals surface area contributed by atoms with Crippen molar-refractivity contribution in [2.45, 2.75) is 40.3 Å². The van der Waals surface area contributed by atoms with E-state index in [1.165, 1.54) is 12.3 Å². The van der Waals surface area contributed by atoms with Gasteiger partial charge in [-0.15, -0.1) is 0 Å². The van der Waals surface area contributed by atoms with Crippen molar-refractivity contribution >= 4 is 5.82 Å². The van der Waals surface area contributed by atoms with E-state index in [0.29, 0.717) is 5.82 Å². The molecule has 0 aliphatic rings. The van der Waals surface area contributed by atoms with Gasteiger partial charge in [0.1, 0.15) is 0 Å². The van der Waals surface area contributed by atoms with Crippen LogP contribution in [0.2, 0.25) is 0 Å². The Hall–Kier alpha value is -1.16. The van der Waals surface area contributed by atoms with Crippen LogP contribution >= 0.6 is 0 Å². The quantitative estimate of drug-likeness (QED) is 0.882. The van der Waals surface area contributed by atoms with E-state index in [1.54, 1.807) is 0 Å². The van der Waals surface area contributed by atoms with Crippen LogP contribution in [-0.2, 0) is 6.61 Å². The SMILES string of the molecule is CC(N(C)c1nccc(CO)c1F)C(C)(C)C. The Balaban J connectivity index is 3.08. The Kier molecular flexibility index (Phi) is 4.09. The third-order valence-corrected chi connectivity index (χ3v) is 3.29. The van der Waals surface area contributed by atoms with Crippen LogP contribution in [0.4, 0.5) is 10.2 Å². The van der Waals surface area contributed by atoms with E-state index in [4.69, 9.17) is 5.11 Å². The van der Waals surface area contributed by atoms with Gasteiger partial charge in [-0.05, 0) is 18.4 Å². The molecule has 1 heterocycles. The monoisotopic (exact) mass is 240 g/mol. The molecule has 0 aliphatic heterocycles. The standard InChI is InChI=1S/C13H21FN2O/c1-9(13(2,3)4)16(5)12-11(14)10(8-17)6-7-15-12/h6-7,9,17H,8H2,1-5H3. The van der Waals surface area contributed by atoms with E-state index < -0.39 is 5.82 Å². The zero-order chi connectivity index (χ0) is 13.2. The van der Waals surface area contributed by atoms with E-state index in [9.17, 15) is 4.39 Å². The molecule has 0 aliphatic carbocycles. The second kappa shape index (κ2) is 5.00. The van der Waals surface area contributed by atoms with Crippen molar-refractivity contribution in [1.29, 1.82) is 0 Å². The van der Waals surface area contributed by atoms with Crippen LogP contribution in [-0.4, -0.2) is 23.2 Å². The summed E-state index contributed by atoms with van der Waals surface area (Å²) in [5, 5.41) is 9.04. The summed E-state index contributed by atoms with van der Waals surface area (Å²) in [4.78, 5) is 5.88. The van der Waals surface area contributed by atoms with Gasteiger partial charge in [0.2, 0.25) is 0 Å². The van der Waals surface area contributed by atoms with Crippen LogP contribution in [0.5, 0.6) is 0 Å². The molecule has 0 saturated heterocycles. The first-order chi connectivity index (χ1) is 7.79. The largest absolute Gasteiger partial charge is 0.392 e. The first-order valence-electron chi connectivity index (χ1n) is 5.76. The predicted molar refractivity (Wildman–Crippen MR) is 67.4 cm³/mol. The number of aromatic nitrogens is 1. The average molecular weight is 240 g/mol. The molecule has 1 aromatic rings. The maximum Gasteiger partial charge on any atom is 0.171 e. The fourth-order valence-electron chi connectivity index (χ4n) is 1.60. The van der Waals surface area contributed by atoms with Gasteiger partial charge in [0.25, 0.3) is 0 Å². The third-order valence-electron chi connectivity index (χ3n) is 3.29. The maximum atomic E-state index is 14.0. The first kappa shape index (κ1) is 13.9. The zero-order valence-electron chi connectivity index (χ0n) is 11.2. The number of hydrogen-bond acceptors (Lipinski definition) is 3. The van der Waals surface area contributed by atoms with Crippen LogP contribution in [0.1, 0.15) is 33.3 Å². The second-order valence-electron chi connectivity index (χ2n) is 5.42. The summed E-state index contributed by atoms with van der Waals surface area (Å²) in [6, 6.07) is 1.63. The number of halogens is 1. The van der Waals surface area contributed by atoms with Crippen molar-refractivity contribution in [3.63, 3.8) is 0 Å². The van der Waals surface area contributed by atoms with Gasteiger partial charge in [-0.25, -0.2) is 9.37 Å². The number of aliphatic hydroxyl groups is 1. The van der Waals surface area contributed by atoms with Crippen LogP contribution in [0.25, 0.3) is 0 Å². The number of rotatable bonds is 3. The van der Waals surface area contributed by atoms with Crippen molar-refractivity contribution in [2.75, 3.05) is 11.9 Å². The summed E-state index contributed by atoms with van der Waals surface area (Å²) in [5.41, 5.74) is 0.306. The van der Waals surface area contributed by atoms with E-state index in [2.05, 4.69) is 25.8 Å². The predicted octanol–water partition coefficient (Wildman–Crippen LogP) is 2.58. The molecule has 4 heteroatoms. The van der Waals surface area contributed by atoms with Gasteiger partial charge in [0.15, 0.2) is 11.6 Å². The molecule has 1 N–H and O–H groups in total. The maximum absolute atomic E-state index is 14.0. The lowest BCUT2D eigenvalue weighted by Gasteiger charge is -2.36. The van der Waals surface area contributed by atoms with Crippen LogP contribution in [0.3, 0.4) is 0 Å². The summed E-state index contributed by atoms with van der Waals surface area (Å²) in [5.74, 6) is -0.146. The summed E-state index contributed by atoms with van der Waals surface area (Å²) >= 11 is 0. The number of aliphatic hydroxyl groups excluding tert-OH is 1. The van der Waals surface area contributed by atoms with Crippen molar-refractivity contribution in [3.8, 4) is 0 Å². The topological polar surface area (TPSA) is 36.4 Å². The van der Waals surface area contributed by atoms with Gasteiger partial charge in [-0.1, -0.05) is 20.8 Å². The summed E-state index contributed by atoms with van der Waals surface area (Å²) in [6.07, 6.45) is 1.52. The highest BCUT2D eigenvalue weighted by Gasteiger charge is 2.26. The number of hydrogen-bond donors (Lipinski definition) is 1. The first-order valence-corrected chi connectivity index (χ1v) is 5.76. The van der Waals surface area contributed by atoms with E-state index in [1.807, 2.05) is 18.9 Å². The molecule has 1 unspecified atom stereocenters. The molecule has 0 aromatic carbocycles. The molecule has 0 fully saturated rings. The van der Waals surface area contributed by atoms with E-state index in [0.717, 1.165) is 0 Å². The minimum Gasteiger partial charge on any atom is -0.392 e. The highest BCUT2D eigenvalue weighted by molar-refractivity contribution is 5.43. The molecule has 3 nitrogen and oxygen atoms in total.